The number of Topliss-reactive ketones (excluding diaryl/α,β-unsaturated/α-hetero) is 1. The molecule has 2 saturated carbocycles. The first-order chi connectivity index (χ1) is 8.15. The highest BCUT2D eigenvalue weighted by atomic mass is 16.5. The van der Waals surface area contributed by atoms with E-state index >= 15 is 0 Å². The first-order valence-electron chi connectivity index (χ1n) is 7.30. The van der Waals surface area contributed by atoms with Gasteiger partial charge in [-0.2, -0.15) is 0 Å². The molecule has 2 nitrogen and oxygen atoms in total. The van der Waals surface area contributed by atoms with Gasteiger partial charge in [0.15, 0.2) is 0 Å². The Hall–Kier alpha value is -0.370. The molecule has 2 aliphatic rings. The molecule has 0 N–H and O–H groups in total. The normalized spacial score (nSPS) is 27.5. The summed E-state index contributed by atoms with van der Waals surface area (Å²) >= 11 is 0. The molecule has 17 heavy (non-hydrogen) atoms. The van der Waals surface area contributed by atoms with Crippen LogP contribution in [0, 0.1) is 11.3 Å². The lowest BCUT2D eigenvalue weighted by Crippen LogP contribution is -2.56. The molecule has 0 heterocycles. The number of rotatable bonds is 5. The summed E-state index contributed by atoms with van der Waals surface area (Å²) in [5, 5.41) is 0. The maximum atomic E-state index is 11.9. The highest BCUT2D eigenvalue weighted by Crippen LogP contribution is 2.50. The molecule has 1 spiro atoms. The van der Waals surface area contributed by atoms with Crippen molar-refractivity contribution in [2.75, 3.05) is 6.61 Å². The zero-order chi connectivity index (χ0) is 12.3. The Labute approximate surface area is 105 Å². The van der Waals surface area contributed by atoms with Crippen molar-refractivity contribution in [3.8, 4) is 0 Å². The van der Waals surface area contributed by atoms with Crippen molar-refractivity contribution in [3.05, 3.63) is 0 Å². The van der Waals surface area contributed by atoms with E-state index in [1.54, 1.807) is 0 Å². The van der Waals surface area contributed by atoms with Crippen molar-refractivity contribution >= 4 is 5.78 Å². The summed E-state index contributed by atoms with van der Waals surface area (Å²) in [6.07, 6.45) is 9.21. The van der Waals surface area contributed by atoms with Crippen LogP contribution in [0.3, 0.4) is 0 Å². The topological polar surface area (TPSA) is 26.3 Å². The Kier molecular flexibility index (Phi) is 4.24. The number of hydrogen-bond donors (Lipinski definition) is 0. The van der Waals surface area contributed by atoms with Gasteiger partial charge in [0.1, 0.15) is 5.78 Å². The molecule has 0 aromatic rings. The lowest BCUT2D eigenvalue weighted by Gasteiger charge is -2.49. The number of carbonyl (C=O) groups is 1. The van der Waals surface area contributed by atoms with E-state index < -0.39 is 0 Å². The standard InChI is InChI=1S/C15H26O2/c1-12(2)7-6-10-17-14-11-13(16)15(14)8-4-3-5-9-15/h12,14H,3-11H2,1-2H3. The molecular weight excluding hydrogens is 212 g/mol. The summed E-state index contributed by atoms with van der Waals surface area (Å²) in [5.41, 5.74) is -0.0456. The molecule has 1 unspecified atom stereocenters. The first-order valence-corrected chi connectivity index (χ1v) is 7.30. The molecule has 0 aromatic carbocycles. The lowest BCUT2D eigenvalue weighted by atomic mass is 9.57. The summed E-state index contributed by atoms with van der Waals surface area (Å²) in [7, 11) is 0. The predicted octanol–water partition coefficient (Wildman–Crippen LogP) is 3.73. The van der Waals surface area contributed by atoms with E-state index in [0.29, 0.717) is 12.2 Å². The molecule has 0 saturated heterocycles. The van der Waals surface area contributed by atoms with Gasteiger partial charge in [-0.15, -0.1) is 0 Å². The van der Waals surface area contributed by atoms with Gasteiger partial charge in [0.05, 0.1) is 11.5 Å². The van der Waals surface area contributed by atoms with E-state index in [-0.39, 0.29) is 11.5 Å². The number of carbonyl (C=O) groups excluding carboxylic acids is 1. The van der Waals surface area contributed by atoms with Gasteiger partial charge in [-0.1, -0.05) is 33.1 Å². The second kappa shape index (κ2) is 5.51. The Morgan fingerprint density at radius 1 is 1.29 bits per heavy atom. The molecule has 98 valence electrons. The predicted molar refractivity (Wildman–Crippen MR) is 69.0 cm³/mol. The second-order valence-electron chi connectivity index (χ2n) is 6.24. The highest BCUT2D eigenvalue weighted by molar-refractivity contribution is 5.92. The maximum absolute atomic E-state index is 11.9. The quantitative estimate of drug-likeness (QED) is 0.682. The van der Waals surface area contributed by atoms with Crippen molar-refractivity contribution in [3.63, 3.8) is 0 Å². The zero-order valence-corrected chi connectivity index (χ0v) is 11.3. The maximum Gasteiger partial charge on any atom is 0.144 e. The van der Waals surface area contributed by atoms with Gasteiger partial charge in [0, 0.05) is 13.0 Å². The fourth-order valence-electron chi connectivity index (χ4n) is 3.33. The van der Waals surface area contributed by atoms with Gasteiger partial charge in [-0.05, 0) is 31.6 Å². The largest absolute Gasteiger partial charge is 0.377 e. The van der Waals surface area contributed by atoms with Crippen LogP contribution in [0.15, 0.2) is 0 Å². The van der Waals surface area contributed by atoms with Gasteiger partial charge < -0.3 is 4.74 Å². The molecule has 0 amide bonds. The lowest BCUT2D eigenvalue weighted by molar-refractivity contribution is -0.169. The molecule has 0 radical (unpaired) electrons. The van der Waals surface area contributed by atoms with Crippen molar-refractivity contribution in [1.29, 1.82) is 0 Å². The van der Waals surface area contributed by atoms with E-state index in [9.17, 15) is 4.79 Å². The van der Waals surface area contributed by atoms with Crippen LogP contribution in [-0.2, 0) is 9.53 Å². The summed E-state index contributed by atoms with van der Waals surface area (Å²) < 4.78 is 5.97. The van der Waals surface area contributed by atoms with Crippen molar-refractivity contribution in [2.45, 2.75) is 71.3 Å². The third-order valence-electron chi connectivity index (χ3n) is 4.53. The van der Waals surface area contributed by atoms with Gasteiger partial charge >= 0.3 is 0 Å². The Bertz CT molecular complexity index is 264. The van der Waals surface area contributed by atoms with Gasteiger partial charge in [-0.3, -0.25) is 4.79 Å². The van der Waals surface area contributed by atoms with E-state index in [0.717, 1.165) is 31.8 Å². The third-order valence-corrected chi connectivity index (χ3v) is 4.53. The van der Waals surface area contributed by atoms with E-state index in [2.05, 4.69) is 13.8 Å². The summed E-state index contributed by atoms with van der Waals surface area (Å²) in [6, 6.07) is 0. The van der Waals surface area contributed by atoms with Gasteiger partial charge in [0.25, 0.3) is 0 Å². The zero-order valence-electron chi connectivity index (χ0n) is 11.3. The Morgan fingerprint density at radius 3 is 2.59 bits per heavy atom. The minimum atomic E-state index is -0.0456. The molecule has 2 heteroatoms. The van der Waals surface area contributed by atoms with Crippen molar-refractivity contribution in [2.24, 2.45) is 11.3 Å². The Balaban J connectivity index is 1.75. The van der Waals surface area contributed by atoms with E-state index in [4.69, 9.17) is 4.74 Å². The van der Waals surface area contributed by atoms with E-state index in [1.165, 1.54) is 25.7 Å². The minimum Gasteiger partial charge on any atom is -0.377 e. The fourth-order valence-corrected chi connectivity index (χ4v) is 3.33. The van der Waals surface area contributed by atoms with Crippen LogP contribution in [-0.4, -0.2) is 18.5 Å². The molecule has 0 aromatic heterocycles. The molecule has 0 aliphatic heterocycles. The van der Waals surface area contributed by atoms with Crippen LogP contribution in [0.5, 0.6) is 0 Å². The fraction of sp³-hybridized carbons (Fsp3) is 0.933. The molecule has 2 rings (SSSR count). The van der Waals surface area contributed by atoms with Crippen LogP contribution in [0.25, 0.3) is 0 Å². The van der Waals surface area contributed by atoms with Crippen LogP contribution in [0.4, 0.5) is 0 Å². The van der Waals surface area contributed by atoms with Crippen molar-refractivity contribution in [1.82, 2.24) is 0 Å². The van der Waals surface area contributed by atoms with Crippen molar-refractivity contribution < 1.29 is 9.53 Å². The number of ether oxygens (including phenoxy) is 1. The molecular formula is C15H26O2. The van der Waals surface area contributed by atoms with Crippen LogP contribution in [0.1, 0.15) is 65.2 Å². The monoisotopic (exact) mass is 238 g/mol. The second-order valence-corrected chi connectivity index (χ2v) is 6.24. The van der Waals surface area contributed by atoms with Gasteiger partial charge in [-0.25, -0.2) is 0 Å². The molecule has 2 fully saturated rings. The smallest absolute Gasteiger partial charge is 0.144 e. The third kappa shape index (κ3) is 2.73. The Morgan fingerprint density at radius 2 is 2.00 bits per heavy atom. The molecule has 0 bridgehead atoms. The molecule has 1 atom stereocenters. The van der Waals surface area contributed by atoms with E-state index in [1.807, 2.05) is 0 Å². The average Bonchev–Trinajstić information content (AvgIpc) is 2.34. The SMILES string of the molecule is CC(C)CCCOC1CC(=O)C12CCCCC2. The average molecular weight is 238 g/mol. The number of ketones is 1. The summed E-state index contributed by atoms with van der Waals surface area (Å²) in [4.78, 5) is 11.9. The van der Waals surface area contributed by atoms with Crippen LogP contribution >= 0.6 is 0 Å². The minimum absolute atomic E-state index is 0.0456. The highest BCUT2D eigenvalue weighted by Gasteiger charge is 2.55. The summed E-state index contributed by atoms with van der Waals surface area (Å²) in [6.45, 7) is 5.34. The first kappa shape index (κ1) is 13.1. The summed E-state index contributed by atoms with van der Waals surface area (Å²) in [5.74, 6) is 1.23. The number of hydrogen-bond acceptors (Lipinski definition) is 2. The van der Waals surface area contributed by atoms with Crippen LogP contribution < -0.4 is 0 Å². The van der Waals surface area contributed by atoms with Crippen LogP contribution in [0.2, 0.25) is 0 Å². The molecule has 2 aliphatic carbocycles. The van der Waals surface area contributed by atoms with Gasteiger partial charge in [0.2, 0.25) is 0 Å².